The van der Waals surface area contributed by atoms with Crippen LogP contribution < -0.4 is 27.4 Å². The van der Waals surface area contributed by atoms with Gasteiger partial charge in [0.25, 0.3) is 11.1 Å². The van der Waals surface area contributed by atoms with E-state index in [1.807, 2.05) is 22.6 Å². The highest BCUT2D eigenvalue weighted by atomic mass is 127. The standard InChI is InChI=1S/C26H23FIN5O4.C3H8O/c1-13-22-21(23(31(3)24(13)35)30-20-10-7-15(28)11-19(20)27)25(36)33(17-8-9-17)26(37)32(22)18-6-4-5-16(12-18)29-14(2)34;1-3(2)4/h4-7,10-12,17,30H,8-9H2,1-3H3,(H,29,34);3-4H,1-2H3. The molecule has 12 heteroatoms. The molecule has 1 aliphatic rings. The van der Waals surface area contributed by atoms with Crippen LogP contribution in [0.3, 0.4) is 0 Å². The molecular weight excluding hydrogens is 644 g/mol. The number of amides is 1. The minimum absolute atomic E-state index is 0.0804. The van der Waals surface area contributed by atoms with E-state index in [4.69, 9.17) is 5.11 Å². The Kier molecular flexibility index (Phi) is 8.83. The monoisotopic (exact) mass is 675 g/mol. The Morgan fingerprint density at radius 3 is 2.34 bits per heavy atom. The second-order valence-electron chi connectivity index (χ2n) is 10.2. The van der Waals surface area contributed by atoms with E-state index >= 15 is 0 Å². The summed E-state index contributed by atoms with van der Waals surface area (Å²) >= 11 is 1.99. The molecule has 4 aromatic rings. The Morgan fingerprint density at radius 1 is 1.10 bits per heavy atom. The number of carbonyl (C=O) groups is 1. The Hall–Kier alpha value is -3.78. The van der Waals surface area contributed by atoms with Crippen LogP contribution in [0, 0.1) is 16.3 Å². The van der Waals surface area contributed by atoms with Crippen molar-refractivity contribution in [2.24, 2.45) is 7.05 Å². The summed E-state index contributed by atoms with van der Waals surface area (Å²) in [6.07, 6.45) is 1.18. The van der Waals surface area contributed by atoms with Crippen LogP contribution in [0.15, 0.2) is 56.8 Å². The van der Waals surface area contributed by atoms with Crippen LogP contribution in [0.4, 0.5) is 21.6 Å². The summed E-state index contributed by atoms with van der Waals surface area (Å²) in [7, 11) is 1.50. The van der Waals surface area contributed by atoms with Crippen LogP contribution in [0.1, 0.15) is 45.2 Å². The average molecular weight is 675 g/mol. The van der Waals surface area contributed by atoms with Crippen molar-refractivity contribution < 1.29 is 14.3 Å². The van der Waals surface area contributed by atoms with Crippen LogP contribution in [-0.2, 0) is 11.8 Å². The van der Waals surface area contributed by atoms with Gasteiger partial charge >= 0.3 is 5.69 Å². The van der Waals surface area contributed by atoms with Gasteiger partial charge in [0, 0.05) is 40.9 Å². The number of carbonyl (C=O) groups excluding carboxylic acids is 1. The number of hydrogen-bond donors (Lipinski definition) is 3. The molecule has 2 heterocycles. The highest BCUT2D eigenvalue weighted by molar-refractivity contribution is 14.1. The van der Waals surface area contributed by atoms with Crippen LogP contribution in [0.25, 0.3) is 16.6 Å². The number of nitrogens with one attached hydrogen (secondary N) is 2. The zero-order valence-corrected chi connectivity index (χ0v) is 25.4. The Morgan fingerprint density at radius 2 is 1.76 bits per heavy atom. The van der Waals surface area contributed by atoms with E-state index in [1.165, 1.54) is 39.8 Å². The lowest BCUT2D eigenvalue weighted by molar-refractivity contribution is -0.114. The van der Waals surface area contributed by atoms with Crippen molar-refractivity contribution >= 4 is 56.6 Å². The summed E-state index contributed by atoms with van der Waals surface area (Å²) in [6, 6.07) is 10.9. The molecule has 1 amide bonds. The lowest BCUT2D eigenvalue weighted by Crippen LogP contribution is -2.41. The van der Waals surface area contributed by atoms with Gasteiger partial charge in [-0.25, -0.2) is 9.18 Å². The summed E-state index contributed by atoms with van der Waals surface area (Å²) in [5.74, 6) is -0.753. The van der Waals surface area contributed by atoms with Gasteiger partial charge < -0.3 is 15.7 Å². The van der Waals surface area contributed by atoms with Crippen LogP contribution in [0.2, 0.25) is 0 Å². The van der Waals surface area contributed by atoms with E-state index in [2.05, 4.69) is 10.6 Å². The predicted molar refractivity (Wildman–Crippen MR) is 166 cm³/mol. The number of hydrogen-bond acceptors (Lipinski definition) is 6. The zero-order chi connectivity index (χ0) is 30.2. The first kappa shape index (κ1) is 30.2. The summed E-state index contributed by atoms with van der Waals surface area (Å²) in [5, 5.41) is 13.8. The molecule has 1 saturated carbocycles. The molecule has 0 atom stereocenters. The van der Waals surface area contributed by atoms with E-state index in [-0.39, 0.29) is 46.0 Å². The van der Waals surface area contributed by atoms with Crippen LogP contribution in [0.5, 0.6) is 0 Å². The largest absolute Gasteiger partial charge is 0.394 e. The topological polar surface area (TPSA) is 127 Å². The fourth-order valence-corrected chi connectivity index (χ4v) is 4.95. The summed E-state index contributed by atoms with van der Waals surface area (Å²) in [5.41, 5.74) is -0.351. The number of anilines is 3. The molecule has 2 aromatic heterocycles. The number of fused-ring (bicyclic) bond motifs is 1. The SMILES string of the molecule is CC(=O)Nc1cccc(-n2c(=O)n(C3CC3)c(=O)c3c(Nc4ccc(I)cc4F)n(C)c(=O)c(C)c32)c1.CC(C)O. The number of benzene rings is 2. The van der Waals surface area contributed by atoms with Crippen LogP contribution in [-0.4, -0.2) is 30.8 Å². The fourth-order valence-electron chi connectivity index (χ4n) is 4.50. The maximum atomic E-state index is 14.8. The summed E-state index contributed by atoms with van der Waals surface area (Å²) in [4.78, 5) is 52.6. The zero-order valence-electron chi connectivity index (χ0n) is 23.3. The van der Waals surface area contributed by atoms with E-state index in [0.717, 1.165) is 0 Å². The number of halogens is 2. The first-order valence-corrected chi connectivity index (χ1v) is 14.1. The number of aryl methyl sites for hydroxylation is 1. The van der Waals surface area contributed by atoms with Gasteiger partial charge in [-0.05, 0) is 92.6 Å². The van der Waals surface area contributed by atoms with Crippen molar-refractivity contribution in [1.29, 1.82) is 0 Å². The molecule has 0 spiro atoms. The molecular formula is C29H31FIN5O5. The fraction of sp³-hybridized carbons (Fsp3) is 0.310. The van der Waals surface area contributed by atoms with Gasteiger partial charge in [0.05, 0.1) is 16.9 Å². The molecule has 0 unspecified atom stereocenters. The normalized spacial score (nSPS) is 12.7. The highest BCUT2D eigenvalue weighted by Crippen LogP contribution is 2.34. The van der Waals surface area contributed by atoms with Crippen molar-refractivity contribution in [2.75, 3.05) is 10.6 Å². The molecule has 216 valence electrons. The van der Waals surface area contributed by atoms with Gasteiger partial charge in [-0.3, -0.25) is 28.1 Å². The maximum Gasteiger partial charge on any atom is 0.336 e. The van der Waals surface area contributed by atoms with Crippen molar-refractivity contribution in [3.8, 4) is 5.69 Å². The molecule has 1 aliphatic carbocycles. The number of pyridine rings is 1. The number of aliphatic hydroxyl groups is 1. The molecule has 0 bridgehead atoms. The number of aliphatic hydroxyl groups excluding tert-OH is 1. The molecule has 0 radical (unpaired) electrons. The minimum Gasteiger partial charge on any atom is -0.394 e. The minimum atomic E-state index is -0.581. The third kappa shape index (κ3) is 6.27. The number of nitrogens with zero attached hydrogens (tertiary/aromatic N) is 3. The lowest BCUT2D eigenvalue weighted by atomic mass is 10.1. The van der Waals surface area contributed by atoms with Crippen molar-refractivity contribution in [1.82, 2.24) is 13.7 Å². The Balaban J connectivity index is 0.000000909. The van der Waals surface area contributed by atoms with Crippen molar-refractivity contribution in [2.45, 2.75) is 52.7 Å². The Labute approximate surface area is 248 Å². The van der Waals surface area contributed by atoms with E-state index in [0.29, 0.717) is 27.8 Å². The summed E-state index contributed by atoms with van der Waals surface area (Å²) < 4.78 is 19.3. The molecule has 3 N–H and O–H groups in total. The molecule has 10 nitrogen and oxygen atoms in total. The molecule has 1 fully saturated rings. The van der Waals surface area contributed by atoms with E-state index < -0.39 is 22.6 Å². The third-order valence-electron chi connectivity index (χ3n) is 6.36. The van der Waals surface area contributed by atoms with Gasteiger partial charge in [-0.15, -0.1) is 0 Å². The molecule has 0 aliphatic heterocycles. The average Bonchev–Trinajstić information content (AvgIpc) is 3.71. The second kappa shape index (κ2) is 12.0. The Bertz CT molecular complexity index is 1840. The predicted octanol–water partition coefficient (Wildman–Crippen LogP) is 4.33. The molecule has 5 rings (SSSR count). The second-order valence-corrected chi connectivity index (χ2v) is 11.4. The third-order valence-corrected chi connectivity index (χ3v) is 7.04. The number of rotatable bonds is 5. The summed E-state index contributed by atoms with van der Waals surface area (Å²) in [6.45, 7) is 6.37. The van der Waals surface area contributed by atoms with E-state index in [9.17, 15) is 23.6 Å². The van der Waals surface area contributed by atoms with E-state index in [1.54, 1.807) is 51.1 Å². The number of aromatic nitrogens is 3. The van der Waals surface area contributed by atoms with Crippen molar-refractivity contribution in [3.05, 3.63) is 88.6 Å². The molecule has 2 aromatic carbocycles. The van der Waals surface area contributed by atoms with Gasteiger partial charge in [0.15, 0.2) is 0 Å². The highest BCUT2D eigenvalue weighted by Gasteiger charge is 2.31. The van der Waals surface area contributed by atoms with Gasteiger partial charge in [0.1, 0.15) is 17.0 Å². The van der Waals surface area contributed by atoms with Gasteiger partial charge in [0.2, 0.25) is 5.91 Å². The van der Waals surface area contributed by atoms with Crippen molar-refractivity contribution in [3.63, 3.8) is 0 Å². The smallest absolute Gasteiger partial charge is 0.336 e. The first-order chi connectivity index (χ1) is 19.3. The van der Waals surface area contributed by atoms with Gasteiger partial charge in [-0.1, -0.05) is 6.07 Å². The molecule has 41 heavy (non-hydrogen) atoms. The quantitative estimate of drug-likeness (QED) is 0.271. The lowest BCUT2D eigenvalue weighted by Gasteiger charge is -2.21. The molecule has 0 saturated heterocycles. The van der Waals surface area contributed by atoms with Crippen LogP contribution >= 0.6 is 22.6 Å². The first-order valence-electron chi connectivity index (χ1n) is 13.0. The maximum absolute atomic E-state index is 14.8. The van der Waals surface area contributed by atoms with Gasteiger partial charge in [-0.2, -0.15) is 0 Å².